The third-order valence-corrected chi connectivity index (χ3v) is 4.56. The van der Waals surface area contributed by atoms with Gasteiger partial charge in [0.25, 0.3) is 0 Å². The van der Waals surface area contributed by atoms with Crippen molar-refractivity contribution >= 4 is 6.09 Å². The number of carbonyl (C=O) groups excluding carboxylic acids is 1. The summed E-state index contributed by atoms with van der Waals surface area (Å²) in [5.41, 5.74) is 0.942. The van der Waals surface area contributed by atoms with Crippen LogP contribution in [0.15, 0.2) is 30.3 Å². The van der Waals surface area contributed by atoms with Gasteiger partial charge in [0.1, 0.15) is 19.0 Å². The van der Waals surface area contributed by atoms with Crippen molar-refractivity contribution in [1.29, 1.82) is 0 Å². The summed E-state index contributed by atoms with van der Waals surface area (Å²) in [4.78, 5) is 13.3. The zero-order valence-electron chi connectivity index (χ0n) is 16.8. The van der Waals surface area contributed by atoms with Crippen LogP contribution in [0.2, 0.25) is 0 Å². The second-order valence-electron chi connectivity index (χ2n) is 6.88. The van der Waals surface area contributed by atoms with Crippen LogP contribution in [-0.2, 0) is 11.3 Å². The van der Waals surface area contributed by atoms with E-state index in [0.29, 0.717) is 19.5 Å². The number of aliphatic hydroxyl groups excluding tert-OH is 1. The Balaban J connectivity index is -0.000000516. The number of halogens is 2. The molecule has 31 heavy (non-hydrogen) atoms. The molecular weight excluding hydrogens is 402 g/mol. The Morgan fingerprint density at radius 1 is 1.03 bits per heavy atom. The molecule has 0 aromatic heterocycles. The number of nitrogens with zero attached hydrogens (tertiary/aromatic N) is 1. The van der Waals surface area contributed by atoms with Gasteiger partial charge >= 0.3 is 6.09 Å². The highest BCUT2D eigenvalue weighted by Crippen LogP contribution is 2.14. The number of ether oxygens (including phenoxy) is 1. The van der Waals surface area contributed by atoms with E-state index >= 15 is 0 Å². The van der Waals surface area contributed by atoms with Crippen LogP contribution in [0.3, 0.4) is 0 Å². The lowest BCUT2D eigenvalue weighted by Crippen LogP contribution is -2.35. The van der Waals surface area contributed by atoms with Gasteiger partial charge < -0.3 is 20.1 Å². The van der Waals surface area contributed by atoms with Gasteiger partial charge in [-0.3, -0.25) is 0 Å². The summed E-state index contributed by atoms with van der Waals surface area (Å²) in [5, 5.41) is 10.0. The molecule has 1 amide bonds. The van der Waals surface area contributed by atoms with Crippen LogP contribution in [-0.4, -0.2) is 61.7 Å². The minimum Gasteiger partial charge on any atom is -0.445 e. The van der Waals surface area contributed by atoms with Crippen LogP contribution >= 0.6 is 0 Å². The largest absolute Gasteiger partial charge is 0.445 e. The van der Waals surface area contributed by atoms with E-state index in [0.717, 1.165) is 51.3 Å². The van der Waals surface area contributed by atoms with Crippen LogP contribution in [0.5, 0.6) is 0 Å². The maximum absolute atomic E-state index is 13.4. The molecular formula is C24H46F2N2O3. The Morgan fingerprint density at radius 2 is 1.65 bits per heavy atom. The smallest absolute Gasteiger partial charge is 0.410 e. The zero-order chi connectivity index (χ0) is 20.6. The number of likely N-dealkylation sites (tertiary alicyclic amines) is 1. The number of hydrogen-bond acceptors (Lipinski definition) is 4. The van der Waals surface area contributed by atoms with Gasteiger partial charge in [-0.25, -0.2) is 13.6 Å². The quantitative estimate of drug-likeness (QED) is 0.604. The molecule has 0 radical (unpaired) electrons. The van der Waals surface area contributed by atoms with Crippen molar-refractivity contribution in [3.63, 3.8) is 0 Å². The Labute approximate surface area is 189 Å². The maximum atomic E-state index is 13.4. The fourth-order valence-corrected chi connectivity index (χ4v) is 3.04. The van der Waals surface area contributed by atoms with E-state index in [1.165, 1.54) is 4.90 Å². The molecule has 3 rings (SSSR count). The lowest BCUT2D eigenvalue weighted by Gasteiger charge is -2.20. The third kappa shape index (κ3) is 15.7. The van der Waals surface area contributed by atoms with E-state index in [2.05, 4.69) is 5.32 Å². The number of rotatable bonds is 2. The van der Waals surface area contributed by atoms with Crippen molar-refractivity contribution in [2.45, 2.75) is 79.8 Å². The predicted molar refractivity (Wildman–Crippen MR) is 127 cm³/mol. The monoisotopic (exact) mass is 448 g/mol. The van der Waals surface area contributed by atoms with Crippen LogP contribution in [0.1, 0.15) is 66.4 Å². The molecule has 1 aromatic carbocycles. The summed E-state index contributed by atoms with van der Waals surface area (Å²) >= 11 is 0. The molecule has 0 saturated carbocycles. The van der Waals surface area contributed by atoms with E-state index in [1.54, 1.807) is 0 Å². The molecule has 2 aliphatic rings. The number of benzene rings is 1. The summed E-state index contributed by atoms with van der Waals surface area (Å²) in [7, 11) is 1.00. The standard InChI is InChI=1S/C14H18FNO2.C6H12FN.CH4O.3CH4/c15-13-8-4-5-9-16(10-13)14(17)18-11-12-6-2-1-3-7-12;7-6-3-1-2-4-8-5-6;1-2;;;/h1-3,6-7,13H,4-5,8-11H2;6,8H,1-5H2;2H,1H3;3*1H4. The second kappa shape index (κ2) is 21.5. The van der Waals surface area contributed by atoms with Crippen LogP contribution in [0.25, 0.3) is 0 Å². The average molecular weight is 449 g/mol. The van der Waals surface area contributed by atoms with Gasteiger partial charge in [0, 0.05) is 20.2 Å². The van der Waals surface area contributed by atoms with Crippen molar-refractivity contribution in [3.05, 3.63) is 35.9 Å². The SMILES string of the molecule is C.C.C.CO.FC1CCCCNC1.O=C(OCc1ccccc1)N1CCCCC(F)C1. The van der Waals surface area contributed by atoms with E-state index in [9.17, 15) is 13.6 Å². The fourth-order valence-electron chi connectivity index (χ4n) is 3.04. The molecule has 0 bridgehead atoms. The van der Waals surface area contributed by atoms with E-state index in [-0.39, 0.29) is 35.4 Å². The number of carbonyl (C=O) groups is 1. The summed E-state index contributed by atoms with van der Waals surface area (Å²) in [6.07, 6.45) is 3.26. The molecule has 7 heteroatoms. The Hall–Kier alpha value is -1.73. The Bertz CT molecular complexity index is 513. The summed E-state index contributed by atoms with van der Waals surface area (Å²) in [6, 6.07) is 9.49. The van der Waals surface area contributed by atoms with Gasteiger partial charge in [0.15, 0.2) is 0 Å². The lowest BCUT2D eigenvalue weighted by atomic mass is 10.2. The predicted octanol–water partition coefficient (Wildman–Crippen LogP) is 5.76. The molecule has 0 spiro atoms. The minimum atomic E-state index is -0.920. The fraction of sp³-hybridized carbons (Fsp3) is 0.708. The first kappa shape index (κ1) is 33.9. The zero-order valence-corrected chi connectivity index (χ0v) is 16.8. The first-order valence-corrected chi connectivity index (χ1v) is 10.0. The van der Waals surface area contributed by atoms with Crippen LogP contribution in [0, 0.1) is 0 Å². The molecule has 2 saturated heterocycles. The van der Waals surface area contributed by atoms with Gasteiger partial charge in [0.05, 0.1) is 6.54 Å². The first-order valence-electron chi connectivity index (χ1n) is 10.0. The van der Waals surface area contributed by atoms with E-state index in [1.807, 2.05) is 30.3 Å². The average Bonchev–Trinajstić information content (AvgIpc) is 3.11. The number of hydrogen-bond donors (Lipinski definition) is 2. The number of alkyl halides is 2. The third-order valence-electron chi connectivity index (χ3n) is 4.56. The molecule has 2 unspecified atom stereocenters. The van der Waals surface area contributed by atoms with E-state index in [4.69, 9.17) is 9.84 Å². The molecule has 0 aliphatic carbocycles. The van der Waals surface area contributed by atoms with E-state index < -0.39 is 18.4 Å². The van der Waals surface area contributed by atoms with Crippen LogP contribution in [0.4, 0.5) is 13.6 Å². The molecule has 2 N–H and O–H groups in total. The number of nitrogens with one attached hydrogen (secondary N) is 1. The maximum Gasteiger partial charge on any atom is 0.410 e. The minimum absolute atomic E-state index is 0. The highest BCUT2D eigenvalue weighted by molar-refractivity contribution is 5.67. The molecule has 2 fully saturated rings. The first-order chi connectivity index (χ1) is 13.6. The van der Waals surface area contributed by atoms with Crippen LogP contribution < -0.4 is 5.32 Å². The second-order valence-corrected chi connectivity index (χ2v) is 6.88. The molecule has 1 aromatic rings. The Kier molecular flexibility index (Phi) is 23.5. The highest BCUT2D eigenvalue weighted by atomic mass is 19.1. The normalized spacial score (nSPS) is 20.2. The molecule has 184 valence electrons. The number of aliphatic hydroxyl groups is 1. The molecule has 5 nitrogen and oxygen atoms in total. The van der Waals surface area contributed by atoms with Gasteiger partial charge in [-0.15, -0.1) is 0 Å². The van der Waals surface area contributed by atoms with Gasteiger partial charge in [-0.1, -0.05) is 52.6 Å². The topological polar surface area (TPSA) is 61.8 Å². The molecule has 2 atom stereocenters. The van der Waals surface area contributed by atoms with Crippen molar-refractivity contribution in [2.75, 3.05) is 33.3 Å². The summed E-state index contributed by atoms with van der Waals surface area (Å²) in [5.74, 6) is 0. The number of amides is 1. The van der Waals surface area contributed by atoms with Gasteiger partial charge in [-0.05, 0) is 50.6 Å². The lowest BCUT2D eigenvalue weighted by molar-refractivity contribution is 0.0895. The molecule has 2 heterocycles. The summed E-state index contributed by atoms with van der Waals surface area (Å²) < 4.78 is 30.9. The van der Waals surface area contributed by atoms with Crippen molar-refractivity contribution < 1.29 is 23.4 Å². The van der Waals surface area contributed by atoms with Crippen molar-refractivity contribution in [2.24, 2.45) is 0 Å². The van der Waals surface area contributed by atoms with Crippen molar-refractivity contribution in [1.82, 2.24) is 10.2 Å². The van der Waals surface area contributed by atoms with Gasteiger partial charge in [0.2, 0.25) is 0 Å². The summed E-state index contributed by atoms with van der Waals surface area (Å²) in [6.45, 7) is 2.56. The highest BCUT2D eigenvalue weighted by Gasteiger charge is 2.22. The van der Waals surface area contributed by atoms with Crippen molar-refractivity contribution in [3.8, 4) is 0 Å². The molecule has 2 aliphatic heterocycles. The van der Waals surface area contributed by atoms with Gasteiger partial charge in [-0.2, -0.15) is 0 Å². The Morgan fingerprint density at radius 3 is 2.32 bits per heavy atom.